The van der Waals surface area contributed by atoms with Crippen molar-refractivity contribution in [3.05, 3.63) is 36.7 Å². The highest BCUT2D eigenvalue weighted by Crippen LogP contribution is 2.23. The molecule has 26 heavy (non-hydrogen) atoms. The summed E-state index contributed by atoms with van der Waals surface area (Å²) in [5.74, 6) is 0.914. The van der Waals surface area contributed by atoms with Crippen molar-refractivity contribution < 1.29 is 13.9 Å². The number of nitrogens with zero attached hydrogens (tertiary/aromatic N) is 3. The molecule has 2 aromatic rings. The summed E-state index contributed by atoms with van der Waals surface area (Å²) in [5, 5.41) is 2.22. The van der Waals surface area contributed by atoms with Gasteiger partial charge in [-0.3, -0.25) is 14.7 Å². The molecular formula is C20H24FN3O2. The minimum atomic E-state index is -0.852. The van der Waals surface area contributed by atoms with Crippen molar-refractivity contribution in [1.29, 1.82) is 0 Å². The summed E-state index contributed by atoms with van der Waals surface area (Å²) >= 11 is 0. The number of likely N-dealkylation sites (tertiary alicyclic amines) is 2. The SMILES string of the molecule is O=C(CN1CCC(Oc2ccc3ccncc3c2)CC1)N1CC[C@H](F)C1. The molecule has 2 aliphatic heterocycles. The Hall–Kier alpha value is -2.21. The number of hydrogen-bond acceptors (Lipinski definition) is 4. The number of alkyl halides is 1. The second kappa shape index (κ2) is 7.58. The number of hydrogen-bond donors (Lipinski definition) is 0. The molecule has 5 nitrogen and oxygen atoms in total. The van der Waals surface area contributed by atoms with Crippen molar-refractivity contribution in [2.45, 2.75) is 31.5 Å². The molecule has 0 unspecified atom stereocenters. The van der Waals surface area contributed by atoms with Crippen molar-refractivity contribution in [1.82, 2.24) is 14.8 Å². The summed E-state index contributed by atoms with van der Waals surface area (Å²) < 4.78 is 19.4. The molecule has 3 heterocycles. The Bertz CT molecular complexity index is 776. The molecule has 1 aromatic carbocycles. The number of halogens is 1. The lowest BCUT2D eigenvalue weighted by Crippen LogP contribution is -2.44. The number of carbonyl (C=O) groups is 1. The summed E-state index contributed by atoms with van der Waals surface area (Å²) in [6.07, 6.45) is 5.21. The lowest BCUT2D eigenvalue weighted by Gasteiger charge is -2.32. The monoisotopic (exact) mass is 357 g/mol. The summed E-state index contributed by atoms with van der Waals surface area (Å²) in [6, 6.07) is 8.06. The van der Waals surface area contributed by atoms with Gasteiger partial charge in [0.15, 0.2) is 0 Å². The van der Waals surface area contributed by atoms with E-state index >= 15 is 0 Å². The van der Waals surface area contributed by atoms with Crippen molar-refractivity contribution in [3.63, 3.8) is 0 Å². The number of amides is 1. The van der Waals surface area contributed by atoms with Crippen LogP contribution in [0.25, 0.3) is 10.8 Å². The van der Waals surface area contributed by atoms with Crippen LogP contribution < -0.4 is 4.74 Å². The Balaban J connectivity index is 1.27. The van der Waals surface area contributed by atoms with Crippen LogP contribution in [0.15, 0.2) is 36.7 Å². The van der Waals surface area contributed by atoms with Gasteiger partial charge in [0.1, 0.15) is 18.0 Å². The van der Waals surface area contributed by atoms with Crippen LogP contribution in [0.4, 0.5) is 4.39 Å². The van der Waals surface area contributed by atoms with Crippen LogP contribution in [0.2, 0.25) is 0 Å². The molecule has 0 saturated carbocycles. The Kier molecular flexibility index (Phi) is 5.02. The van der Waals surface area contributed by atoms with Crippen molar-refractivity contribution in [2.75, 3.05) is 32.7 Å². The fourth-order valence-electron chi connectivity index (χ4n) is 3.75. The third kappa shape index (κ3) is 3.96. The van der Waals surface area contributed by atoms with Crippen LogP contribution in [0.1, 0.15) is 19.3 Å². The lowest BCUT2D eigenvalue weighted by molar-refractivity contribution is -0.132. The minimum Gasteiger partial charge on any atom is -0.490 e. The standard InChI is InChI=1S/C20H24FN3O2/c21-17-4-10-24(13-17)20(25)14-23-8-5-18(6-9-23)26-19-2-1-15-3-7-22-12-16(15)11-19/h1-3,7,11-12,17-18H,4-6,8-10,13-14H2/t17-/m0/s1. The van der Waals surface area contributed by atoms with Gasteiger partial charge >= 0.3 is 0 Å². The van der Waals surface area contributed by atoms with Crippen LogP contribution in [0, 0.1) is 0 Å². The van der Waals surface area contributed by atoms with E-state index in [4.69, 9.17) is 4.74 Å². The number of piperidine rings is 1. The average Bonchev–Trinajstić information content (AvgIpc) is 3.10. The number of benzene rings is 1. The van der Waals surface area contributed by atoms with Gasteiger partial charge in [0.25, 0.3) is 0 Å². The number of ether oxygens (including phenoxy) is 1. The molecule has 1 atom stereocenters. The van der Waals surface area contributed by atoms with E-state index in [-0.39, 0.29) is 18.6 Å². The van der Waals surface area contributed by atoms with E-state index in [1.807, 2.05) is 30.5 Å². The zero-order valence-electron chi connectivity index (χ0n) is 14.8. The van der Waals surface area contributed by atoms with Gasteiger partial charge in [-0.05, 0) is 42.8 Å². The molecule has 138 valence electrons. The van der Waals surface area contributed by atoms with Crippen molar-refractivity contribution in [2.24, 2.45) is 0 Å². The van der Waals surface area contributed by atoms with E-state index in [1.165, 1.54) is 0 Å². The molecule has 0 bridgehead atoms. The first-order chi connectivity index (χ1) is 12.7. The van der Waals surface area contributed by atoms with E-state index in [0.717, 1.165) is 42.5 Å². The van der Waals surface area contributed by atoms with E-state index in [0.29, 0.717) is 19.5 Å². The molecule has 0 radical (unpaired) electrons. The number of fused-ring (bicyclic) bond motifs is 1. The minimum absolute atomic E-state index is 0.0477. The van der Waals surface area contributed by atoms with Crippen molar-refractivity contribution in [3.8, 4) is 5.75 Å². The second-order valence-corrected chi connectivity index (χ2v) is 7.20. The van der Waals surface area contributed by atoms with Gasteiger partial charge in [0, 0.05) is 37.4 Å². The maximum atomic E-state index is 13.2. The molecule has 1 amide bonds. The fraction of sp³-hybridized carbons (Fsp3) is 0.500. The predicted octanol–water partition coefficient (Wildman–Crippen LogP) is 2.65. The summed E-state index contributed by atoms with van der Waals surface area (Å²) in [5.41, 5.74) is 0. The molecule has 0 N–H and O–H groups in total. The van der Waals surface area contributed by atoms with Crippen LogP contribution in [0.5, 0.6) is 5.75 Å². The maximum absolute atomic E-state index is 13.2. The van der Waals surface area contributed by atoms with Gasteiger partial charge in [-0.2, -0.15) is 0 Å². The van der Waals surface area contributed by atoms with Gasteiger partial charge in [0.2, 0.25) is 5.91 Å². The first kappa shape index (κ1) is 17.2. The zero-order valence-corrected chi connectivity index (χ0v) is 14.8. The van der Waals surface area contributed by atoms with E-state index in [1.54, 1.807) is 11.1 Å². The number of aromatic nitrogens is 1. The highest BCUT2D eigenvalue weighted by atomic mass is 19.1. The Labute approximate surface area is 152 Å². The van der Waals surface area contributed by atoms with Crippen molar-refractivity contribution >= 4 is 16.7 Å². The van der Waals surface area contributed by atoms with Gasteiger partial charge in [-0.15, -0.1) is 0 Å². The molecule has 2 aliphatic rings. The quantitative estimate of drug-likeness (QED) is 0.844. The third-order valence-electron chi connectivity index (χ3n) is 5.29. The first-order valence-corrected chi connectivity index (χ1v) is 9.32. The fourth-order valence-corrected chi connectivity index (χ4v) is 3.75. The second-order valence-electron chi connectivity index (χ2n) is 7.20. The highest BCUT2D eigenvalue weighted by molar-refractivity contribution is 5.82. The lowest BCUT2D eigenvalue weighted by atomic mass is 10.1. The zero-order chi connectivity index (χ0) is 17.9. The predicted molar refractivity (Wildman–Crippen MR) is 97.9 cm³/mol. The summed E-state index contributed by atoms with van der Waals surface area (Å²) in [7, 11) is 0. The molecule has 6 heteroatoms. The Morgan fingerprint density at radius 1 is 1.15 bits per heavy atom. The van der Waals surface area contributed by atoms with Gasteiger partial charge in [0.05, 0.1) is 13.1 Å². The number of pyridine rings is 1. The summed E-state index contributed by atoms with van der Waals surface area (Å²) in [4.78, 5) is 20.2. The van der Waals surface area contributed by atoms with E-state index in [9.17, 15) is 9.18 Å². The summed E-state index contributed by atoms with van der Waals surface area (Å²) in [6.45, 7) is 2.86. The van der Waals surface area contributed by atoms with Crippen LogP contribution in [-0.2, 0) is 4.79 Å². The molecule has 2 saturated heterocycles. The number of rotatable bonds is 4. The molecule has 4 rings (SSSR count). The molecule has 1 aromatic heterocycles. The smallest absolute Gasteiger partial charge is 0.236 e. The molecular weight excluding hydrogens is 333 g/mol. The van der Waals surface area contributed by atoms with Crippen LogP contribution >= 0.6 is 0 Å². The Morgan fingerprint density at radius 2 is 2.00 bits per heavy atom. The van der Waals surface area contributed by atoms with Crippen LogP contribution in [0.3, 0.4) is 0 Å². The number of carbonyl (C=O) groups excluding carboxylic acids is 1. The van der Waals surface area contributed by atoms with Gasteiger partial charge < -0.3 is 9.64 Å². The Morgan fingerprint density at radius 3 is 2.77 bits per heavy atom. The molecule has 0 spiro atoms. The maximum Gasteiger partial charge on any atom is 0.236 e. The van der Waals surface area contributed by atoms with Gasteiger partial charge in [-0.25, -0.2) is 4.39 Å². The van der Waals surface area contributed by atoms with Gasteiger partial charge in [-0.1, -0.05) is 6.07 Å². The van der Waals surface area contributed by atoms with E-state index < -0.39 is 6.17 Å². The normalized spacial score (nSPS) is 22.0. The molecule has 2 fully saturated rings. The largest absolute Gasteiger partial charge is 0.490 e. The topological polar surface area (TPSA) is 45.7 Å². The first-order valence-electron chi connectivity index (χ1n) is 9.32. The average molecular weight is 357 g/mol. The van der Waals surface area contributed by atoms with Crippen LogP contribution in [-0.4, -0.2) is 65.7 Å². The van der Waals surface area contributed by atoms with E-state index in [2.05, 4.69) is 9.88 Å². The highest BCUT2D eigenvalue weighted by Gasteiger charge is 2.28. The molecule has 0 aliphatic carbocycles. The third-order valence-corrected chi connectivity index (χ3v) is 5.29.